The molecule has 1 amide bonds. The second kappa shape index (κ2) is 7.72. The summed E-state index contributed by atoms with van der Waals surface area (Å²) in [6.07, 6.45) is 1.81. The average Bonchev–Trinajstić information content (AvgIpc) is 2.96. The quantitative estimate of drug-likeness (QED) is 0.882. The van der Waals surface area contributed by atoms with Crippen LogP contribution >= 0.6 is 11.3 Å². The summed E-state index contributed by atoms with van der Waals surface area (Å²) in [5, 5.41) is 3.09. The lowest BCUT2D eigenvalue weighted by Gasteiger charge is -2.32. The number of rotatable bonds is 5. The topological polar surface area (TPSA) is 48.5 Å². The largest absolute Gasteiger partial charge is 0.308 e. The molecule has 25 heavy (non-hydrogen) atoms. The molecule has 1 aliphatic rings. The van der Waals surface area contributed by atoms with E-state index in [9.17, 15) is 13.6 Å². The Morgan fingerprint density at radius 2 is 2.24 bits per heavy atom. The fourth-order valence-corrected chi connectivity index (χ4v) is 3.94. The smallest absolute Gasteiger partial charge is 0.230 e. The van der Waals surface area contributed by atoms with E-state index in [1.165, 1.54) is 6.07 Å². The van der Waals surface area contributed by atoms with Gasteiger partial charge in [0, 0.05) is 25.7 Å². The van der Waals surface area contributed by atoms with Crippen LogP contribution in [0.3, 0.4) is 0 Å². The number of anilines is 1. The van der Waals surface area contributed by atoms with Crippen LogP contribution in [0, 0.1) is 17.6 Å². The highest BCUT2D eigenvalue weighted by atomic mass is 32.1. The maximum absolute atomic E-state index is 13.7. The third-order valence-electron chi connectivity index (χ3n) is 4.38. The second-order valence-electron chi connectivity index (χ2n) is 6.69. The maximum Gasteiger partial charge on any atom is 0.230 e. The zero-order valence-corrected chi connectivity index (χ0v) is 15.2. The van der Waals surface area contributed by atoms with E-state index < -0.39 is 11.6 Å². The predicted molar refractivity (Wildman–Crippen MR) is 95.9 cm³/mol. The van der Waals surface area contributed by atoms with Crippen molar-refractivity contribution in [2.45, 2.75) is 12.8 Å². The molecule has 0 unspecified atom stereocenters. The number of nitrogens with one attached hydrogen (secondary N) is 1. The van der Waals surface area contributed by atoms with Crippen molar-refractivity contribution in [2.75, 3.05) is 45.6 Å². The summed E-state index contributed by atoms with van der Waals surface area (Å²) < 4.78 is 27.4. The van der Waals surface area contributed by atoms with Crippen molar-refractivity contribution >= 4 is 32.6 Å². The predicted octanol–water partition coefficient (Wildman–Crippen LogP) is 2.79. The Bertz CT molecular complexity index is 764. The van der Waals surface area contributed by atoms with Gasteiger partial charge in [0.05, 0.1) is 10.6 Å². The van der Waals surface area contributed by atoms with Crippen LogP contribution in [-0.2, 0) is 4.79 Å². The van der Waals surface area contributed by atoms with Gasteiger partial charge in [0.15, 0.2) is 10.9 Å². The lowest BCUT2D eigenvalue weighted by Crippen LogP contribution is -2.43. The Morgan fingerprint density at radius 1 is 1.44 bits per heavy atom. The van der Waals surface area contributed by atoms with Crippen LogP contribution in [0.1, 0.15) is 12.8 Å². The van der Waals surface area contributed by atoms with Gasteiger partial charge in [-0.15, -0.1) is 0 Å². The van der Waals surface area contributed by atoms with Crippen LogP contribution in [0.4, 0.5) is 13.9 Å². The molecule has 0 radical (unpaired) electrons. The molecule has 0 aliphatic carbocycles. The van der Waals surface area contributed by atoms with Crippen LogP contribution in [0.15, 0.2) is 12.1 Å². The molecule has 8 heteroatoms. The number of carbonyl (C=O) groups is 1. The molecule has 1 aromatic heterocycles. The summed E-state index contributed by atoms with van der Waals surface area (Å²) >= 11 is 1.09. The third kappa shape index (κ3) is 4.50. The molecular formula is C17H22F2N4OS. The second-order valence-corrected chi connectivity index (χ2v) is 7.72. The first kappa shape index (κ1) is 18.2. The zero-order chi connectivity index (χ0) is 18.0. The Morgan fingerprint density at radius 3 is 3.00 bits per heavy atom. The van der Waals surface area contributed by atoms with Crippen LogP contribution < -0.4 is 5.32 Å². The molecule has 1 aromatic carbocycles. The van der Waals surface area contributed by atoms with Crippen molar-refractivity contribution in [1.29, 1.82) is 0 Å². The highest BCUT2D eigenvalue weighted by molar-refractivity contribution is 7.22. The number of halogens is 2. The Hall–Kier alpha value is -1.64. The number of carbonyl (C=O) groups excluding carboxylic acids is 1. The number of fused-ring (bicyclic) bond motifs is 1. The number of hydrogen-bond donors (Lipinski definition) is 1. The molecule has 0 spiro atoms. The summed E-state index contributed by atoms with van der Waals surface area (Å²) in [5.41, 5.74) is 0.0953. The van der Waals surface area contributed by atoms with Gasteiger partial charge in [0.2, 0.25) is 5.91 Å². The van der Waals surface area contributed by atoms with Crippen molar-refractivity contribution in [3.05, 3.63) is 23.8 Å². The highest BCUT2D eigenvalue weighted by Crippen LogP contribution is 2.29. The van der Waals surface area contributed by atoms with E-state index in [0.29, 0.717) is 16.4 Å². The minimum absolute atomic E-state index is 0.0953. The molecule has 1 fully saturated rings. The van der Waals surface area contributed by atoms with Crippen LogP contribution in [0.25, 0.3) is 10.2 Å². The van der Waals surface area contributed by atoms with Crippen LogP contribution in [-0.4, -0.2) is 61.0 Å². The summed E-state index contributed by atoms with van der Waals surface area (Å²) in [4.78, 5) is 21.0. The summed E-state index contributed by atoms with van der Waals surface area (Å²) in [6.45, 7) is 3.61. The molecule has 1 N–H and O–H groups in total. The number of nitrogens with zero attached hydrogens (tertiary/aromatic N) is 3. The minimum Gasteiger partial charge on any atom is -0.308 e. The van der Waals surface area contributed by atoms with E-state index in [1.54, 1.807) is 0 Å². The number of amides is 1. The third-order valence-corrected chi connectivity index (χ3v) is 5.30. The molecule has 2 heterocycles. The lowest BCUT2D eigenvalue weighted by atomic mass is 9.97. The molecule has 0 saturated carbocycles. The van der Waals surface area contributed by atoms with E-state index in [-0.39, 0.29) is 17.3 Å². The Balaban J connectivity index is 1.64. The fourth-order valence-electron chi connectivity index (χ4n) is 3.03. The average molecular weight is 368 g/mol. The van der Waals surface area contributed by atoms with Gasteiger partial charge in [0.1, 0.15) is 11.3 Å². The summed E-state index contributed by atoms with van der Waals surface area (Å²) in [7, 11) is 4.06. The van der Waals surface area contributed by atoms with Crippen molar-refractivity contribution in [3.8, 4) is 0 Å². The normalized spacial score (nSPS) is 18.8. The maximum atomic E-state index is 13.7. The lowest BCUT2D eigenvalue weighted by molar-refractivity contribution is -0.121. The molecule has 0 bridgehead atoms. The number of likely N-dealkylation sites (N-methyl/N-ethyl adjacent to an activating group) is 1. The van der Waals surface area contributed by atoms with Crippen molar-refractivity contribution in [3.63, 3.8) is 0 Å². The van der Waals surface area contributed by atoms with Gasteiger partial charge in [0.25, 0.3) is 0 Å². The van der Waals surface area contributed by atoms with Crippen molar-refractivity contribution in [1.82, 2.24) is 14.8 Å². The van der Waals surface area contributed by atoms with Gasteiger partial charge >= 0.3 is 0 Å². The van der Waals surface area contributed by atoms with E-state index >= 15 is 0 Å². The fraction of sp³-hybridized carbons (Fsp3) is 0.529. The summed E-state index contributed by atoms with van der Waals surface area (Å²) in [5.74, 6) is -1.56. The van der Waals surface area contributed by atoms with Gasteiger partial charge in [-0.1, -0.05) is 11.3 Å². The molecule has 2 aromatic rings. The first-order valence-corrected chi connectivity index (χ1v) is 9.17. The first-order valence-electron chi connectivity index (χ1n) is 8.36. The van der Waals surface area contributed by atoms with E-state index in [2.05, 4.69) is 20.1 Å². The number of piperidine rings is 1. The minimum atomic E-state index is -0.709. The van der Waals surface area contributed by atoms with Gasteiger partial charge < -0.3 is 15.1 Å². The van der Waals surface area contributed by atoms with Gasteiger partial charge in [-0.25, -0.2) is 13.8 Å². The van der Waals surface area contributed by atoms with Crippen molar-refractivity contribution in [2.24, 2.45) is 5.92 Å². The molecule has 3 rings (SSSR count). The number of likely N-dealkylation sites (tertiary alicyclic amines) is 1. The number of aromatic nitrogens is 1. The molecule has 5 nitrogen and oxygen atoms in total. The van der Waals surface area contributed by atoms with E-state index in [0.717, 1.165) is 49.9 Å². The molecular weight excluding hydrogens is 346 g/mol. The molecule has 1 aliphatic heterocycles. The van der Waals surface area contributed by atoms with Gasteiger partial charge in [-0.3, -0.25) is 4.79 Å². The molecule has 1 atom stereocenters. The monoisotopic (exact) mass is 368 g/mol. The first-order chi connectivity index (χ1) is 11.9. The van der Waals surface area contributed by atoms with Crippen LogP contribution in [0.5, 0.6) is 0 Å². The summed E-state index contributed by atoms with van der Waals surface area (Å²) in [6, 6.07) is 2.03. The number of thiazole rings is 1. The van der Waals surface area contributed by atoms with Crippen molar-refractivity contribution < 1.29 is 13.6 Å². The Kier molecular flexibility index (Phi) is 5.61. The SMILES string of the molecule is CN(C)CCN1CCC[C@@H](C(=O)Nc2nc3c(F)cc(F)cc3s2)C1. The van der Waals surface area contributed by atoms with Gasteiger partial charge in [-0.2, -0.15) is 0 Å². The van der Waals surface area contributed by atoms with Gasteiger partial charge in [-0.05, 0) is 39.5 Å². The highest BCUT2D eigenvalue weighted by Gasteiger charge is 2.26. The molecule has 1 saturated heterocycles. The van der Waals surface area contributed by atoms with E-state index in [4.69, 9.17) is 0 Å². The Labute approximate surface area is 149 Å². The number of benzene rings is 1. The molecule has 136 valence electrons. The number of hydrogen-bond acceptors (Lipinski definition) is 5. The van der Waals surface area contributed by atoms with E-state index in [1.807, 2.05) is 14.1 Å². The van der Waals surface area contributed by atoms with Crippen LogP contribution in [0.2, 0.25) is 0 Å². The standard InChI is InChI=1S/C17H22F2N4OS/c1-22(2)6-7-23-5-3-4-11(10-23)16(24)21-17-20-15-13(19)8-12(18)9-14(15)25-17/h8-9,11H,3-7,10H2,1-2H3,(H,20,21,24)/t11-/m1/s1. The zero-order valence-electron chi connectivity index (χ0n) is 14.4.